The summed E-state index contributed by atoms with van der Waals surface area (Å²) in [6, 6.07) is 14.2. The molecule has 2 atom stereocenters. The van der Waals surface area contributed by atoms with Crippen LogP contribution in [0.2, 0.25) is 0 Å². The fourth-order valence-electron chi connectivity index (χ4n) is 5.90. The summed E-state index contributed by atoms with van der Waals surface area (Å²) in [4.78, 5) is 41.8. The lowest BCUT2D eigenvalue weighted by Crippen LogP contribution is -2.49. The number of nitrogens with one attached hydrogen (secondary N) is 1. The molecule has 1 fully saturated rings. The number of methoxy groups -OCH3 is 1. The van der Waals surface area contributed by atoms with Crippen molar-refractivity contribution in [2.45, 2.75) is 72.1 Å². The standard InChI is InChI=1S/C35H44FN3O4/c1-22(2)15-31(39-19-28(25(5)16-32(39)40)13-14-38-20-29(36)21-38)35(42)37-30(18-33(41)43-6)26-11-8-12-27(17-26)34-23(3)9-7-10-24(34)4/h7-12,16-17,19,22,29-31H,13-15,18,20-21H2,1-6H3,(H,37,42)/t30-,31-/m0/s1. The van der Waals surface area contributed by atoms with E-state index in [9.17, 15) is 18.8 Å². The van der Waals surface area contributed by atoms with Crippen molar-refractivity contribution in [3.63, 3.8) is 0 Å². The average molecular weight is 590 g/mol. The fraction of sp³-hybridized carbons (Fsp3) is 0.457. The quantitative estimate of drug-likeness (QED) is 0.277. The number of benzene rings is 2. The third-order valence-electron chi connectivity index (χ3n) is 8.31. The molecule has 0 unspecified atom stereocenters. The number of hydrogen-bond acceptors (Lipinski definition) is 5. The number of aryl methyl sites for hydroxylation is 3. The van der Waals surface area contributed by atoms with Gasteiger partial charge in [0.1, 0.15) is 12.2 Å². The van der Waals surface area contributed by atoms with Crippen molar-refractivity contribution in [1.29, 1.82) is 0 Å². The largest absolute Gasteiger partial charge is 0.469 e. The summed E-state index contributed by atoms with van der Waals surface area (Å²) in [7, 11) is 1.33. The van der Waals surface area contributed by atoms with E-state index in [-0.39, 0.29) is 23.8 Å². The Morgan fingerprint density at radius 3 is 2.33 bits per heavy atom. The molecular weight excluding hydrogens is 545 g/mol. The van der Waals surface area contributed by atoms with E-state index in [1.807, 2.05) is 56.0 Å². The second-order valence-electron chi connectivity index (χ2n) is 12.2. The normalized spacial score (nSPS) is 15.2. The maximum Gasteiger partial charge on any atom is 0.307 e. The molecule has 230 valence electrons. The number of alkyl halides is 1. The van der Waals surface area contributed by atoms with Crippen LogP contribution in [0, 0.1) is 26.7 Å². The van der Waals surface area contributed by atoms with Crippen LogP contribution in [0.25, 0.3) is 11.1 Å². The van der Waals surface area contributed by atoms with E-state index in [1.54, 1.807) is 12.3 Å². The molecular formula is C35H44FN3O4. The fourth-order valence-corrected chi connectivity index (χ4v) is 5.90. The Labute approximate surface area is 254 Å². The van der Waals surface area contributed by atoms with Gasteiger partial charge in [0.15, 0.2) is 0 Å². The van der Waals surface area contributed by atoms with Gasteiger partial charge in [0.05, 0.1) is 19.6 Å². The summed E-state index contributed by atoms with van der Waals surface area (Å²) in [5, 5.41) is 3.10. The Morgan fingerprint density at radius 1 is 1.02 bits per heavy atom. The lowest BCUT2D eigenvalue weighted by Gasteiger charge is -2.34. The van der Waals surface area contributed by atoms with Crippen LogP contribution in [0.15, 0.2) is 59.5 Å². The van der Waals surface area contributed by atoms with Crippen LogP contribution in [-0.2, 0) is 20.7 Å². The number of pyridine rings is 1. The molecule has 0 radical (unpaired) electrons. The predicted molar refractivity (Wildman–Crippen MR) is 168 cm³/mol. The van der Waals surface area contributed by atoms with E-state index in [0.717, 1.165) is 38.9 Å². The molecule has 1 saturated heterocycles. The molecule has 1 aliphatic heterocycles. The average Bonchev–Trinajstić information content (AvgIpc) is 2.94. The number of halogens is 1. The topological polar surface area (TPSA) is 80.6 Å². The molecule has 0 saturated carbocycles. The number of carbonyl (C=O) groups is 2. The Balaban J connectivity index is 1.65. The van der Waals surface area contributed by atoms with Crippen LogP contribution < -0.4 is 10.9 Å². The van der Waals surface area contributed by atoms with E-state index < -0.39 is 24.2 Å². The molecule has 43 heavy (non-hydrogen) atoms. The summed E-state index contributed by atoms with van der Waals surface area (Å²) in [6.45, 7) is 11.6. The molecule has 1 amide bonds. The monoisotopic (exact) mass is 589 g/mol. The van der Waals surface area contributed by atoms with Gasteiger partial charge in [-0.05, 0) is 84.5 Å². The molecule has 0 aliphatic carbocycles. The highest BCUT2D eigenvalue weighted by atomic mass is 19.1. The van der Waals surface area contributed by atoms with E-state index in [4.69, 9.17) is 4.74 Å². The maximum absolute atomic E-state index is 14.0. The minimum atomic E-state index is -0.770. The SMILES string of the molecule is COC(=O)C[C@H](NC(=O)[C@H](CC(C)C)n1cc(CCN2CC(F)C2)c(C)cc1=O)c1cccc(-c2c(C)cccc2C)c1. The summed E-state index contributed by atoms with van der Waals surface area (Å²) in [5.41, 5.74) is 6.72. The van der Waals surface area contributed by atoms with Crippen molar-refractivity contribution in [2.75, 3.05) is 26.7 Å². The van der Waals surface area contributed by atoms with Crippen molar-refractivity contribution >= 4 is 11.9 Å². The van der Waals surface area contributed by atoms with E-state index >= 15 is 0 Å². The van der Waals surface area contributed by atoms with Gasteiger partial charge in [0.2, 0.25) is 5.91 Å². The summed E-state index contributed by atoms with van der Waals surface area (Å²) in [6.07, 6.45) is 2.07. The van der Waals surface area contributed by atoms with Crippen molar-refractivity contribution < 1.29 is 18.7 Å². The Hall–Kier alpha value is -3.78. The minimum Gasteiger partial charge on any atom is -0.469 e. The van der Waals surface area contributed by atoms with Crippen LogP contribution in [0.3, 0.4) is 0 Å². The van der Waals surface area contributed by atoms with Crippen LogP contribution >= 0.6 is 0 Å². The molecule has 3 aromatic rings. The molecule has 0 bridgehead atoms. The van der Waals surface area contributed by atoms with Crippen molar-refractivity contribution in [2.24, 2.45) is 5.92 Å². The van der Waals surface area contributed by atoms with Gasteiger partial charge in [-0.3, -0.25) is 19.3 Å². The molecule has 0 spiro atoms. The molecule has 8 heteroatoms. The predicted octanol–water partition coefficient (Wildman–Crippen LogP) is 5.64. The third kappa shape index (κ3) is 7.99. The second kappa shape index (κ2) is 14.1. The maximum atomic E-state index is 14.0. The van der Waals surface area contributed by atoms with Crippen molar-refractivity contribution in [3.8, 4) is 11.1 Å². The Morgan fingerprint density at radius 2 is 1.70 bits per heavy atom. The smallest absolute Gasteiger partial charge is 0.307 e. The number of aromatic nitrogens is 1. The number of likely N-dealkylation sites (tertiary alicyclic amines) is 1. The molecule has 2 aromatic carbocycles. The number of hydrogen-bond donors (Lipinski definition) is 1. The van der Waals surface area contributed by atoms with E-state index in [0.29, 0.717) is 32.5 Å². The van der Waals surface area contributed by atoms with Crippen LogP contribution in [0.1, 0.15) is 66.6 Å². The first-order chi connectivity index (χ1) is 20.5. The van der Waals surface area contributed by atoms with Crippen LogP contribution in [0.5, 0.6) is 0 Å². The molecule has 1 N–H and O–H groups in total. The lowest BCUT2D eigenvalue weighted by atomic mass is 9.92. The van der Waals surface area contributed by atoms with E-state index in [2.05, 4.69) is 31.3 Å². The van der Waals surface area contributed by atoms with Crippen molar-refractivity contribution in [1.82, 2.24) is 14.8 Å². The summed E-state index contributed by atoms with van der Waals surface area (Å²) >= 11 is 0. The zero-order valence-electron chi connectivity index (χ0n) is 26.2. The van der Waals surface area contributed by atoms with Crippen LogP contribution in [-0.4, -0.2) is 54.3 Å². The van der Waals surface area contributed by atoms with Gasteiger partial charge in [0, 0.05) is 31.9 Å². The molecule has 2 heterocycles. The van der Waals surface area contributed by atoms with E-state index in [1.165, 1.54) is 11.7 Å². The third-order valence-corrected chi connectivity index (χ3v) is 8.31. The number of carbonyl (C=O) groups excluding carboxylic acids is 2. The van der Waals surface area contributed by atoms with Crippen molar-refractivity contribution in [3.05, 3.63) is 92.9 Å². The number of amides is 1. The highest BCUT2D eigenvalue weighted by Crippen LogP contribution is 2.30. The number of ether oxygens (including phenoxy) is 1. The van der Waals surface area contributed by atoms with Gasteiger partial charge >= 0.3 is 5.97 Å². The lowest BCUT2D eigenvalue weighted by molar-refractivity contribution is -0.141. The Kier molecular flexibility index (Phi) is 10.6. The zero-order chi connectivity index (χ0) is 31.3. The number of rotatable bonds is 12. The highest BCUT2D eigenvalue weighted by Gasteiger charge is 2.29. The Bertz CT molecular complexity index is 1490. The minimum absolute atomic E-state index is 0.0493. The van der Waals surface area contributed by atoms with Gasteiger partial charge in [-0.2, -0.15) is 0 Å². The van der Waals surface area contributed by atoms with Gasteiger partial charge in [0.25, 0.3) is 5.56 Å². The van der Waals surface area contributed by atoms with Gasteiger partial charge in [-0.25, -0.2) is 4.39 Å². The van der Waals surface area contributed by atoms with Gasteiger partial charge < -0.3 is 14.6 Å². The first-order valence-electron chi connectivity index (χ1n) is 15.1. The van der Waals surface area contributed by atoms with Gasteiger partial charge in [-0.15, -0.1) is 0 Å². The number of nitrogens with zero attached hydrogens (tertiary/aromatic N) is 2. The summed E-state index contributed by atoms with van der Waals surface area (Å²) < 4.78 is 19.8. The summed E-state index contributed by atoms with van der Waals surface area (Å²) in [5.74, 6) is -0.652. The first-order valence-corrected chi connectivity index (χ1v) is 15.1. The molecule has 1 aliphatic rings. The number of esters is 1. The molecule has 1 aromatic heterocycles. The first kappa shape index (κ1) is 32.1. The molecule has 4 rings (SSSR count). The van der Waals surface area contributed by atoms with Gasteiger partial charge in [-0.1, -0.05) is 50.2 Å². The highest BCUT2D eigenvalue weighted by molar-refractivity contribution is 5.82. The zero-order valence-corrected chi connectivity index (χ0v) is 26.2. The second-order valence-corrected chi connectivity index (χ2v) is 12.2. The molecule has 7 nitrogen and oxygen atoms in total. The van der Waals surface area contributed by atoms with Crippen LogP contribution in [0.4, 0.5) is 4.39 Å².